The highest BCUT2D eigenvalue weighted by Crippen LogP contribution is 1.87. The lowest BCUT2D eigenvalue weighted by atomic mass is 10.3. The number of H-pyrrole nitrogens is 2. The Labute approximate surface area is 79.4 Å². The van der Waals surface area contributed by atoms with Gasteiger partial charge in [-0.25, -0.2) is 4.79 Å². The molecule has 1 rings (SSSR count). The molecule has 0 aromatic carbocycles. The number of aromatic nitrogens is 2. The molecule has 1 aromatic heterocycles. The summed E-state index contributed by atoms with van der Waals surface area (Å²) in [6, 6.07) is 0.990. The van der Waals surface area contributed by atoms with E-state index < -0.39 is 17.2 Å². The molecule has 0 spiro atoms. The van der Waals surface area contributed by atoms with Gasteiger partial charge in [0, 0.05) is 12.1 Å². The monoisotopic (exact) mass is 197 g/mol. The Morgan fingerprint density at radius 1 is 1.36 bits per heavy atom. The summed E-state index contributed by atoms with van der Waals surface area (Å²) in [5, 5.41) is 2.55. The summed E-state index contributed by atoms with van der Waals surface area (Å²) in [6.07, 6.45) is 0. The number of rotatable bonds is 2. The van der Waals surface area contributed by atoms with E-state index in [0.29, 0.717) is 0 Å². The van der Waals surface area contributed by atoms with Gasteiger partial charge in [0.15, 0.2) is 0 Å². The van der Waals surface area contributed by atoms with E-state index in [1.54, 1.807) is 13.8 Å². The van der Waals surface area contributed by atoms with E-state index in [4.69, 9.17) is 0 Å². The third-order valence-corrected chi connectivity index (χ3v) is 1.42. The smallest absolute Gasteiger partial charge is 0.326 e. The Morgan fingerprint density at radius 3 is 2.50 bits per heavy atom. The van der Waals surface area contributed by atoms with Crippen molar-refractivity contribution in [2.45, 2.75) is 19.9 Å². The molecule has 1 amide bonds. The first kappa shape index (κ1) is 10.2. The van der Waals surface area contributed by atoms with Crippen LogP contribution in [0.15, 0.2) is 15.7 Å². The Balaban J connectivity index is 3.02. The second-order valence-electron chi connectivity index (χ2n) is 3.13. The molecule has 14 heavy (non-hydrogen) atoms. The zero-order chi connectivity index (χ0) is 10.7. The molecule has 0 saturated heterocycles. The number of aromatic amines is 2. The molecule has 0 saturated carbocycles. The van der Waals surface area contributed by atoms with Gasteiger partial charge in [0.05, 0.1) is 0 Å². The van der Waals surface area contributed by atoms with Gasteiger partial charge in [0.1, 0.15) is 5.69 Å². The van der Waals surface area contributed by atoms with Crippen molar-refractivity contribution in [3.63, 3.8) is 0 Å². The molecule has 76 valence electrons. The van der Waals surface area contributed by atoms with Gasteiger partial charge in [-0.1, -0.05) is 0 Å². The fraction of sp³-hybridized carbons (Fsp3) is 0.375. The normalized spacial score (nSPS) is 10.2. The molecule has 0 unspecified atom stereocenters. The first-order valence-electron chi connectivity index (χ1n) is 4.13. The Morgan fingerprint density at radius 2 is 2.00 bits per heavy atom. The Hall–Kier alpha value is -1.85. The quantitative estimate of drug-likeness (QED) is 0.579. The molecule has 0 bridgehead atoms. The summed E-state index contributed by atoms with van der Waals surface area (Å²) in [7, 11) is 0. The van der Waals surface area contributed by atoms with Crippen LogP contribution in [-0.2, 0) is 0 Å². The van der Waals surface area contributed by atoms with Crippen LogP contribution < -0.4 is 16.6 Å². The van der Waals surface area contributed by atoms with Gasteiger partial charge in [0.2, 0.25) is 0 Å². The molecular weight excluding hydrogens is 186 g/mol. The highest BCUT2D eigenvalue weighted by molar-refractivity contribution is 5.92. The number of hydrogen-bond donors (Lipinski definition) is 3. The molecule has 3 N–H and O–H groups in total. The van der Waals surface area contributed by atoms with Crippen LogP contribution in [0.5, 0.6) is 0 Å². The summed E-state index contributed by atoms with van der Waals surface area (Å²) in [6.45, 7) is 3.56. The minimum Gasteiger partial charge on any atom is -0.349 e. The van der Waals surface area contributed by atoms with Gasteiger partial charge in [-0.3, -0.25) is 14.6 Å². The molecule has 6 nitrogen and oxygen atoms in total. The van der Waals surface area contributed by atoms with Crippen LogP contribution in [0.1, 0.15) is 24.3 Å². The van der Waals surface area contributed by atoms with Crippen LogP contribution in [0.3, 0.4) is 0 Å². The zero-order valence-corrected chi connectivity index (χ0v) is 7.88. The van der Waals surface area contributed by atoms with Crippen LogP contribution in [0.2, 0.25) is 0 Å². The maximum absolute atomic E-state index is 11.3. The number of hydrogen-bond acceptors (Lipinski definition) is 3. The molecule has 0 radical (unpaired) electrons. The van der Waals surface area contributed by atoms with Gasteiger partial charge >= 0.3 is 5.69 Å². The van der Waals surface area contributed by atoms with Crippen molar-refractivity contribution in [2.75, 3.05) is 0 Å². The van der Waals surface area contributed by atoms with Crippen LogP contribution in [0, 0.1) is 0 Å². The van der Waals surface area contributed by atoms with E-state index in [0.717, 1.165) is 6.07 Å². The number of carbonyl (C=O) groups is 1. The van der Waals surface area contributed by atoms with Crippen LogP contribution in [0.4, 0.5) is 0 Å². The van der Waals surface area contributed by atoms with E-state index in [-0.39, 0.29) is 11.7 Å². The van der Waals surface area contributed by atoms with Crippen molar-refractivity contribution in [1.82, 2.24) is 15.3 Å². The summed E-state index contributed by atoms with van der Waals surface area (Å²) in [4.78, 5) is 37.2. The molecule has 0 aliphatic carbocycles. The fourth-order valence-corrected chi connectivity index (χ4v) is 0.931. The summed E-state index contributed by atoms with van der Waals surface area (Å²) in [5.41, 5.74) is -1.32. The lowest BCUT2D eigenvalue weighted by molar-refractivity contribution is 0.0937. The molecule has 0 atom stereocenters. The third kappa shape index (κ3) is 2.58. The minimum atomic E-state index is -0.689. The van der Waals surface area contributed by atoms with Gasteiger partial charge in [0.25, 0.3) is 11.5 Å². The largest absolute Gasteiger partial charge is 0.349 e. The molecule has 1 heterocycles. The van der Waals surface area contributed by atoms with Crippen molar-refractivity contribution in [3.8, 4) is 0 Å². The fourth-order valence-electron chi connectivity index (χ4n) is 0.931. The van der Waals surface area contributed by atoms with Crippen LogP contribution >= 0.6 is 0 Å². The Bertz CT molecular complexity index is 415. The van der Waals surface area contributed by atoms with Gasteiger partial charge in [-0.05, 0) is 13.8 Å². The lowest BCUT2D eigenvalue weighted by Crippen LogP contribution is -2.34. The predicted octanol–water partition coefficient (Wildman–Crippen LogP) is -0.799. The Kier molecular flexibility index (Phi) is 2.85. The van der Waals surface area contributed by atoms with Gasteiger partial charge < -0.3 is 10.3 Å². The van der Waals surface area contributed by atoms with Crippen molar-refractivity contribution < 1.29 is 4.79 Å². The van der Waals surface area contributed by atoms with Crippen molar-refractivity contribution in [2.24, 2.45) is 0 Å². The molecular formula is C8H11N3O3. The summed E-state index contributed by atoms with van der Waals surface area (Å²) in [5.74, 6) is -0.469. The maximum atomic E-state index is 11.3. The standard InChI is InChI=1S/C8H11N3O3/c1-4(2)9-7(13)5-3-6(12)11-8(14)10-5/h3-4H,1-2H3,(H,9,13)(H2,10,11,12,14). The molecule has 0 fully saturated rings. The number of carbonyl (C=O) groups excluding carboxylic acids is 1. The predicted molar refractivity (Wildman–Crippen MR) is 50.3 cm³/mol. The topological polar surface area (TPSA) is 94.8 Å². The van der Waals surface area contributed by atoms with E-state index in [1.165, 1.54) is 0 Å². The third-order valence-electron chi connectivity index (χ3n) is 1.42. The number of nitrogens with one attached hydrogen (secondary N) is 3. The zero-order valence-electron chi connectivity index (χ0n) is 7.88. The summed E-state index contributed by atoms with van der Waals surface area (Å²) < 4.78 is 0. The average molecular weight is 197 g/mol. The van der Waals surface area contributed by atoms with E-state index >= 15 is 0 Å². The first-order chi connectivity index (χ1) is 6.49. The lowest BCUT2D eigenvalue weighted by Gasteiger charge is -2.06. The van der Waals surface area contributed by atoms with Gasteiger partial charge in [-0.2, -0.15) is 0 Å². The van der Waals surface area contributed by atoms with E-state index in [1.807, 2.05) is 4.98 Å². The maximum Gasteiger partial charge on any atom is 0.326 e. The molecule has 1 aromatic rings. The van der Waals surface area contributed by atoms with Crippen LogP contribution in [0.25, 0.3) is 0 Å². The van der Waals surface area contributed by atoms with E-state index in [9.17, 15) is 14.4 Å². The molecule has 0 aliphatic rings. The van der Waals surface area contributed by atoms with Crippen molar-refractivity contribution >= 4 is 5.91 Å². The summed E-state index contributed by atoms with van der Waals surface area (Å²) >= 11 is 0. The highest BCUT2D eigenvalue weighted by Gasteiger charge is 2.08. The second-order valence-corrected chi connectivity index (χ2v) is 3.13. The van der Waals surface area contributed by atoms with E-state index in [2.05, 4.69) is 10.3 Å². The second kappa shape index (κ2) is 3.91. The molecule has 6 heteroatoms. The van der Waals surface area contributed by atoms with Crippen molar-refractivity contribution in [3.05, 3.63) is 32.6 Å². The average Bonchev–Trinajstić information content (AvgIpc) is 2.00. The van der Waals surface area contributed by atoms with Gasteiger partial charge in [-0.15, -0.1) is 0 Å². The van der Waals surface area contributed by atoms with Crippen LogP contribution in [-0.4, -0.2) is 21.9 Å². The first-order valence-corrected chi connectivity index (χ1v) is 4.13. The minimum absolute atomic E-state index is 0.0348. The SMILES string of the molecule is CC(C)NC(=O)c1cc(=O)[nH]c(=O)[nH]1. The highest BCUT2D eigenvalue weighted by atomic mass is 16.2. The molecule has 0 aliphatic heterocycles. The van der Waals surface area contributed by atoms with Crippen molar-refractivity contribution in [1.29, 1.82) is 0 Å². The number of amides is 1.